The van der Waals surface area contributed by atoms with Gasteiger partial charge in [-0.1, -0.05) is 41.7 Å². The van der Waals surface area contributed by atoms with Gasteiger partial charge >= 0.3 is 0 Å². The molecule has 0 fully saturated rings. The van der Waals surface area contributed by atoms with Crippen molar-refractivity contribution in [2.24, 2.45) is 0 Å². The van der Waals surface area contributed by atoms with E-state index < -0.39 is 39.2 Å². The molecular weight excluding hydrogens is 424 g/mol. The highest BCUT2D eigenvalue weighted by molar-refractivity contribution is 7.92. The Balaban J connectivity index is 1.67. The van der Waals surface area contributed by atoms with E-state index in [1.165, 1.54) is 43.3 Å². The number of benzene rings is 2. The number of carbonyl (C=O) groups excluding carboxylic acids is 1. The van der Waals surface area contributed by atoms with E-state index in [4.69, 9.17) is 4.74 Å². The lowest BCUT2D eigenvalue weighted by atomic mass is 10.2. The molecule has 0 aliphatic rings. The molecule has 1 aromatic heterocycles. The second-order valence-electron chi connectivity index (χ2n) is 5.90. The monoisotopic (exact) mass is 439 g/mol. The minimum absolute atomic E-state index is 0.000181. The molecule has 0 unspecified atom stereocenters. The third kappa shape index (κ3) is 5.12. The zero-order valence-electron chi connectivity index (χ0n) is 15.0. The molecule has 0 aliphatic heterocycles. The Morgan fingerprint density at radius 1 is 1.10 bits per heavy atom. The molecule has 1 heterocycles. The molecule has 7 nitrogen and oxygen atoms in total. The third-order valence-corrected chi connectivity index (χ3v) is 6.67. The van der Waals surface area contributed by atoms with Gasteiger partial charge in [0.15, 0.2) is 17.7 Å². The van der Waals surface area contributed by atoms with Gasteiger partial charge in [-0.3, -0.25) is 10.1 Å². The van der Waals surface area contributed by atoms with Crippen LogP contribution in [0.5, 0.6) is 5.75 Å². The Morgan fingerprint density at radius 2 is 1.76 bits per heavy atom. The number of nitrogens with zero attached hydrogens (tertiary/aromatic N) is 2. The Morgan fingerprint density at radius 3 is 2.45 bits per heavy atom. The van der Waals surface area contributed by atoms with Crippen LogP contribution in [-0.2, 0) is 20.4 Å². The number of para-hydroxylation sites is 1. The van der Waals surface area contributed by atoms with Crippen molar-refractivity contribution in [2.75, 3.05) is 5.32 Å². The van der Waals surface area contributed by atoms with Crippen LogP contribution in [0, 0.1) is 11.6 Å². The number of halogens is 2. The van der Waals surface area contributed by atoms with E-state index in [-0.39, 0.29) is 20.8 Å². The minimum atomic E-state index is -3.95. The van der Waals surface area contributed by atoms with Gasteiger partial charge in [-0.2, -0.15) is 0 Å². The molecule has 3 aromatic rings. The lowest BCUT2D eigenvalue weighted by molar-refractivity contribution is -0.122. The molecule has 3 rings (SSSR count). The summed E-state index contributed by atoms with van der Waals surface area (Å²) in [6, 6.07) is 11.1. The number of carbonyl (C=O) groups is 1. The van der Waals surface area contributed by atoms with E-state index in [9.17, 15) is 22.0 Å². The average molecular weight is 439 g/mol. The van der Waals surface area contributed by atoms with Gasteiger partial charge in [-0.15, -0.1) is 10.2 Å². The van der Waals surface area contributed by atoms with Crippen molar-refractivity contribution in [1.82, 2.24) is 10.2 Å². The normalized spacial score (nSPS) is 12.4. The standard InChI is InChI=1S/C18H15F2N3O4S2/c1-11(27-15-9-5-4-8-14(15)20)16(24)21-17-22-23-18(28-17)29(25,26)10-12-6-2-3-7-13(12)19/h2-9,11H,10H2,1H3,(H,21,22,24)/t11-/m0/s1. The predicted molar refractivity (Wildman–Crippen MR) is 102 cm³/mol. The summed E-state index contributed by atoms with van der Waals surface area (Å²) in [6.45, 7) is 1.40. The van der Waals surface area contributed by atoms with Crippen LogP contribution in [0.4, 0.5) is 13.9 Å². The lowest BCUT2D eigenvalue weighted by Crippen LogP contribution is -2.30. The van der Waals surface area contributed by atoms with Crippen LogP contribution in [0.3, 0.4) is 0 Å². The van der Waals surface area contributed by atoms with Gasteiger partial charge < -0.3 is 4.74 Å². The van der Waals surface area contributed by atoms with E-state index in [2.05, 4.69) is 15.5 Å². The van der Waals surface area contributed by atoms with Gasteiger partial charge in [0, 0.05) is 5.56 Å². The highest BCUT2D eigenvalue weighted by Crippen LogP contribution is 2.25. The van der Waals surface area contributed by atoms with Gasteiger partial charge in [-0.05, 0) is 25.1 Å². The van der Waals surface area contributed by atoms with Crippen LogP contribution in [0.15, 0.2) is 52.9 Å². The van der Waals surface area contributed by atoms with Crippen molar-refractivity contribution in [3.05, 3.63) is 65.7 Å². The van der Waals surface area contributed by atoms with E-state index in [1.54, 1.807) is 6.07 Å². The Hall–Kier alpha value is -2.92. The molecule has 0 radical (unpaired) electrons. The average Bonchev–Trinajstić information content (AvgIpc) is 3.15. The largest absolute Gasteiger partial charge is 0.478 e. The van der Waals surface area contributed by atoms with Crippen LogP contribution in [0.1, 0.15) is 12.5 Å². The van der Waals surface area contributed by atoms with E-state index in [0.717, 1.165) is 6.07 Å². The van der Waals surface area contributed by atoms with Crippen molar-refractivity contribution in [3.63, 3.8) is 0 Å². The maximum Gasteiger partial charge on any atom is 0.266 e. The molecule has 1 atom stereocenters. The number of rotatable bonds is 7. The first-order valence-electron chi connectivity index (χ1n) is 8.28. The van der Waals surface area contributed by atoms with Crippen LogP contribution in [0.25, 0.3) is 0 Å². The number of hydrogen-bond acceptors (Lipinski definition) is 7. The summed E-state index contributed by atoms with van der Waals surface area (Å²) >= 11 is 0.626. The van der Waals surface area contributed by atoms with E-state index in [0.29, 0.717) is 11.3 Å². The van der Waals surface area contributed by atoms with Crippen molar-refractivity contribution < 1.29 is 26.7 Å². The first-order chi connectivity index (χ1) is 13.8. The van der Waals surface area contributed by atoms with E-state index >= 15 is 0 Å². The SMILES string of the molecule is C[C@H](Oc1ccccc1F)C(=O)Nc1nnc(S(=O)(=O)Cc2ccccc2F)s1. The third-order valence-electron chi connectivity index (χ3n) is 3.72. The molecule has 152 valence electrons. The number of aromatic nitrogens is 2. The zero-order valence-corrected chi connectivity index (χ0v) is 16.6. The fraction of sp³-hybridized carbons (Fsp3) is 0.167. The summed E-state index contributed by atoms with van der Waals surface area (Å²) < 4.78 is 57.1. The number of nitrogens with one attached hydrogen (secondary N) is 1. The second kappa shape index (κ2) is 8.62. The number of amides is 1. The topological polar surface area (TPSA) is 98.2 Å². The zero-order chi connectivity index (χ0) is 21.0. The van der Waals surface area contributed by atoms with Crippen molar-refractivity contribution >= 4 is 32.2 Å². The van der Waals surface area contributed by atoms with Crippen molar-refractivity contribution in [3.8, 4) is 5.75 Å². The van der Waals surface area contributed by atoms with Crippen LogP contribution < -0.4 is 10.1 Å². The molecule has 1 amide bonds. The first-order valence-corrected chi connectivity index (χ1v) is 10.7. The smallest absolute Gasteiger partial charge is 0.266 e. The fourth-order valence-corrected chi connectivity index (χ4v) is 4.59. The van der Waals surface area contributed by atoms with Gasteiger partial charge in [0.2, 0.25) is 19.3 Å². The molecule has 2 aromatic carbocycles. The number of sulfone groups is 1. The Labute approximate surface area is 169 Å². The van der Waals surface area contributed by atoms with Gasteiger partial charge in [0.05, 0.1) is 5.75 Å². The van der Waals surface area contributed by atoms with Crippen molar-refractivity contribution in [2.45, 2.75) is 23.1 Å². The number of anilines is 1. The number of ether oxygens (including phenoxy) is 1. The lowest BCUT2D eigenvalue weighted by Gasteiger charge is -2.13. The summed E-state index contributed by atoms with van der Waals surface area (Å²) in [4.78, 5) is 12.2. The second-order valence-corrected chi connectivity index (χ2v) is 9.04. The summed E-state index contributed by atoms with van der Waals surface area (Å²) in [5.74, 6) is -2.62. The highest BCUT2D eigenvalue weighted by atomic mass is 32.2. The van der Waals surface area contributed by atoms with Crippen LogP contribution in [-0.4, -0.2) is 30.6 Å². The van der Waals surface area contributed by atoms with Gasteiger partial charge in [0.1, 0.15) is 5.82 Å². The molecule has 1 N–H and O–H groups in total. The van der Waals surface area contributed by atoms with Gasteiger partial charge in [-0.25, -0.2) is 17.2 Å². The summed E-state index contributed by atoms with van der Waals surface area (Å²) in [5, 5.41) is 9.49. The highest BCUT2D eigenvalue weighted by Gasteiger charge is 2.24. The molecule has 0 bridgehead atoms. The van der Waals surface area contributed by atoms with Crippen molar-refractivity contribution in [1.29, 1.82) is 0 Å². The van der Waals surface area contributed by atoms with Gasteiger partial charge in [0.25, 0.3) is 5.91 Å². The van der Waals surface area contributed by atoms with Crippen LogP contribution in [0.2, 0.25) is 0 Å². The molecular formula is C18H15F2N3O4S2. The minimum Gasteiger partial charge on any atom is -0.478 e. The molecule has 29 heavy (non-hydrogen) atoms. The summed E-state index contributed by atoms with van der Waals surface area (Å²) in [7, 11) is -3.95. The maximum absolute atomic E-state index is 13.7. The van der Waals surface area contributed by atoms with Crippen LogP contribution >= 0.6 is 11.3 Å². The molecule has 0 aliphatic carbocycles. The quantitative estimate of drug-likeness (QED) is 0.568. The molecule has 11 heteroatoms. The maximum atomic E-state index is 13.7. The van der Waals surface area contributed by atoms with E-state index in [1.807, 2.05) is 0 Å². The molecule has 0 saturated heterocycles. The number of hydrogen-bond donors (Lipinski definition) is 1. The Kier molecular flexibility index (Phi) is 6.18. The first kappa shape index (κ1) is 20.8. The predicted octanol–water partition coefficient (Wildman–Crippen LogP) is 3.20. The fourth-order valence-electron chi connectivity index (χ4n) is 2.26. The molecule has 0 saturated carbocycles. The summed E-state index contributed by atoms with van der Waals surface area (Å²) in [5.41, 5.74) is 0.000181. The Bertz CT molecular complexity index is 1140. The molecule has 0 spiro atoms. The summed E-state index contributed by atoms with van der Waals surface area (Å²) in [6.07, 6.45) is -1.07.